The van der Waals surface area contributed by atoms with Gasteiger partial charge < -0.3 is 15.5 Å². The molecule has 7 heteroatoms. The van der Waals surface area contributed by atoms with Crippen LogP contribution in [-0.4, -0.2) is 62.0 Å². The number of benzene rings is 1. The normalized spacial score (nSPS) is 16.0. The molecule has 3 amide bonds. The van der Waals surface area contributed by atoms with Crippen molar-refractivity contribution in [2.45, 2.75) is 31.7 Å². The lowest BCUT2D eigenvalue weighted by molar-refractivity contribution is -0.120. The first-order chi connectivity index (χ1) is 12.5. The summed E-state index contributed by atoms with van der Waals surface area (Å²) in [6.45, 7) is 3.00. The molecule has 1 atom stereocenters. The van der Waals surface area contributed by atoms with Crippen molar-refractivity contribution in [3.63, 3.8) is 0 Å². The van der Waals surface area contributed by atoms with Gasteiger partial charge in [0.15, 0.2) is 0 Å². The van der Waals surface area contributed by atoms with Crippen LogP contribution in [0, 0.1) is 0 Å². The summed E-state index contributed by atoms with van der Waals surface area (Å²) in [5, 5.41) is 6.29. The zero-order valence-electron chi connectivity index (χ0n) is 15.6. The van der Waals surface area contributed by atoms with Crippen LogP contribution in [0.25, 0.3) is 0 Å². The summed E-state index contributed by atoms with van der Waals surface area (Å²) in [7, 11) is 3.30. The minimum atomic E-state index is -0.162. The van der Waals surface area contributed by atoms with Crippen molar-refractivity contribution in [3.8, 4) is 0 Å². The van der Waals surface area contributed by atoms with Crippen LogP contribution in [0.4, 0.5) is 4.79 Å². The number of nitrogens with zero attached hydrogens (tertiary/aromatic N) is 2. The fraction of sp³-hybridized carbons (Fsp3) is 0.579. The first-order valence-corrected chi connectivity index (χ1v) is 9.58. The van der Waals surface area contributed by atoms with Gasteiger partial charge in [-0.3, -0.25) is 9.69 Å². The van der Waals surface area contributed by atoms with E-state index in [1.54, 1.807) is 19.0 Å². The molecule has 0 saturated carbocycles. The number of urea groups is 1. The quantitative estimate of drug-likeness (QED) is 0.764. The molecular formula is C19H29ClN4O2. The number of hydrogen-bond donors (Lipinski definition) is 2. The van der Waals surface area contributed by atoms with Crippen LogP contribution in [0.1, 0.15) is 37.3 Å². The van der Waals surface area contributed by atoms with E-state index in [9.17, 15) is 9.59 Å². The van der Waals surface area contributed by atoms with Crippen molar-refractivity contribution in [1.29, 1.82) is 0 Å². The van der Waals surface area contributed by atoms with E-state index >= 15 is 0 Å². The highest BCUT2D eigenvalue weighted by Gasteiger charge is 2.23. The van der Waals surface area contributed by atoms with E-state index in [1.165, 1.54) is 19.3 Å². The molecule has 1 aromatic rings. The molecule has 1 aliphatic heterocycles. The largest absolute Gasteiger partial charge is 0.359 e. The Labute approximate surface area is 160 Å². The molecule has 144 valence electrons. The van der Waals surface area contributed by atoms with Gasteiger partial charge in [-0.2, -0.15) is 0 Å². The second-order valence-corrected chi connectivity index (χ2v) is 7.13. The number of rotatable bonds is 7. The summed E-state index contributed by atoms with van der Waals surface area (Å²) < 4.78 is 0. The van der Waals surface area contributed by atoms with Gasteiger partial charge in [-0.1, -0.05) is 30.2 Å². The van der Waals surface area contributed by atoms with Gasteiger partial charge in [0.1, 0.15) is 0 Å². The zero-order chi connectivity index (χ0) is 18.9. The predicted octanol–water partition coefficient (Wildman–Crippen LogP) is 2.64. The highest BCUT2D eigenvalue weighted by molar-refractivity contribution is 6.30. The zero-order valence-corrected chi connectivity index (χ0v) is 16.4. The molecule has 1 saturated heterocycles. The van der Waals surface area contributed by atoms with Gasteiger partial charge in [0.2, 0.25) is 5.91 Å². The molecule has 1 aliphatic rings. The molecule has 2 rings (SSSR count). The Morgan fingerprint density at radius 1 is 1.19 bits per heavy atom. The van der Waals surface area contributed by atoms with Crippen molar-refractivity contribution in [2.24, 2.45) is 0 Å². The van der Waals surface area contributed by atoms with Gasteiger partial charge in [-0.15, -0.1) is 0 Å². The summed E-state index contributed by atoms with van der Waals surface area (Å²) >= 11 is 6.02. The van der Waals surface area contributed by atoms with Crippen molar-refractivity contribution in [2.75, 3.05) is 40.3 Å². The second kappa shape index (κ2) is 10.4. The van der Waals surface area contributed by atoms with Crippen LogP contribution in [-0.2, 0) is 4.79 Å². The van der Waals surface area contributed by atoms with Crippen molar-refractivity contribution < 1.29 is 9.59 Å². The Morgan fingerprint density at radius 2 is 1.85 bits per heavy atom. The van der Waals surface area contributed by atoms with E-state index < -0.39 is 0 Å². The lowest BCUT2D eigenvalue weighted by Crippen LogP contribution is -2.44. The standard InChI is InChI=1S/C19H29ClN4O2/c1-21-18(25)10-13-23(2)19(26)22-14-17(24-11-4-3-5-12-24)15-6-8-16(20)9-7-15/h6-9,17H,3-5,10-14H2,1-2H3,(H,21,25)(H,22,26). The minimum Gasteiger partial charge on any atom is -0.359 e. The van der Waals surface area contributed by atoms with Crippen LogP contribution < -0.4 is 10.6 Å². The van der Waals surface area contributed by atoms with Crippen LogP contribution in [0.15, 0.2) is 24.3 Å². The van der Waals surface area contributed by atoms with Crippen LogP contribution in [0.5, 0.6) is 0 Å². The third kappa shape index (κ3) is 6.18. The van der Waals surface area contributed by atoms with Gasteiger partial charge in [0, 0.05) is 38.6 Å². The van der Waals surface area contributed by atoms with Crippen LogP contribution >= 0.6 is 11.6 Å². The van der Waals surface area contributed by atoms with Crippen molar-refractivity contribution >= 4 is 23.5 Å². The first-order valence-electron chi connectivity index (χ1n) is 9.20. The first kappa shape index (κ1) is 20.5. The summed E-state index contributed by atoms with van der Waals surface area (Å²) in [4.78, 5) is 27.7. The van der Waals surface area contributed by atoms with Crippen molar-refractivity contribution in [3.05, 3.63) is 34.9 Å². The Hall–Kier alpha value is -1.79. The average Bonchev–Trinajstić information content (AvgIpc) is 2.67. The van der Waals surface area contributed by atoms with Gasteiger partial charge in [0.05, 0.1) is 6.04 Å². The Bertz CT molecular complexity index is 588. The Morgan fingerprint density at radius 3 is 2.46 bits per heavy atom. The number of piperidine rings is 1. The minimum absolute atomic E-state index is 0.0722. The number of halogens is 1. The van der Waals surface area contributed by atoms with Crippen LogP contribution in [0.3, 0.4) is 0 Å². The topological polar surface area (TPSA) is 64.7 Å². The SMILES string of the molecule is CNC(=O)CCN(C)C(=O)NCC(c1ccc(Cl)cc1)N1CCCCC1. The monoisotopic (exact) mass is 380 g/mol. The van der Waals surface area contributed by atoms with E-state index in [0.717, 1.165) is 18.7 Å². The average molecular weight is 381 g/mol. The highest BCUT2D eigenvalue weighted by Crippen LogP contribution is 2.25. The van der Waals surface area contributed by atoms with Gasteiger partial charge in [-0.25, -0.2) is 4.79 Å². The fourth-order valence-corrected chi connectivity index (χ4v) is 3.31. The molecule has 6 nitrogen and oxygen atoms in total. The molecule has 0 bridgehead atoms. The third-order valence-corrected chi connectivity index (χ3v) is 5.08. The maximum atomic E-state index is 12.4. The number of carbonyl (C=O) groups excluding carboxylic acids is 2. The molecule has 0 aromatic heterocycles. The summed E-state index contributed by atoms with van der Waals surface area (Å²) in [6.07, 6.45) is 3.93. The lowest BCUT2D eigenvalue weighted by Gasteiger charge is -2.35. The van der Waals surface area contributed by atoms with Gasteiger partial charge in [0.25, 0.3) is 0 Å². The van der Waals surface area contributed by atoms with E-state index in [4.69, 9.17) is 11.6 Å². The molecule has 0 radical (unpaired) electrons. The molecular weight excluding hydrogens is 352 g/mol. The lowest BCUT2D eigenvalue weighted by atomic mass is 10.0. The molecule has 1 heterocycles. The number of hydrogen-bond acceptors (Lipinski definition) is 3. The van der Waals surface area contributed by atoms with Crippen LogP contribution in [0.2, 0.25) is 5.02 Å². The second-order valence-electron chi connectivity index (χ2n) is 6.69. The van der Waals surface area contributed by atoms with E-state index in [2.05, 4.69) is 15.5 Å². The molecule has 1 fully saturated rings. The molecule has 26 heavy (non-hydrogen) atoms. The maximum absolute atomic E-state index is 12.4. The van der Waals surface area contributed by atoms with Crippen molar-refractivity contribution in [1.82, 2.24) is 20.4 Å². The number of carbonyl (C=O) groups is 2. The van der Waals surface area contributed by atoms with E-state index in [-0.39, 0.29) is 18.0 Å². The summed E-state index contributed by atoms with van der Waals surface area (Å²) in [6, 6.07) is 7.82. The molecule has 1 unspecified atom stereocenters. The molecule has 1 aromatic carbocycles. The van der Waals surface area contributed by atoms with E-state index in [0.29, 0.717) is 24.5 Å². The number of nitrogens with one attached hydrogen (secondary N) is 2. The molecule has 2 N–H and O–H groups in total. The van der Waals surface area contributed by atoms with Gasteiger partial charge >= 0.3 is 6.03 Å². The summed E-state index contributed by atoms with van der Waals surface area (Å²) in [5.74, 6) is -0.0722. The Kier molecular flexibility index (Phi) is 8.19. The van der Waals surface area contributed by atoms with Gasteiger partial charge in [-0.05, 0) is 43.6 Å². The fourth-order valence-electron chi connectivity index (χ4n) is 3.19. The maximum Gasteiger partial charge on any atom is 0.317 e. The van der Waals surface area contributed by atoms with E-state index in [1.807, 2.05) is 24.3 Å². The highest BCUT2D eigenvalue weighted by atomic mass is 35.5. The molecule has 0 aliphatic carbocycles. The summed E-state index contributed by atoms with van der Waals surface area (Å²) in [5.41, 5.74) is 1.16. The number of amides is 3. The Balaban J connectivity index is 1.96. The molecule has 0 spiro atoms. The number of likely N-dealkylation sites (tertiary alicyclic amines) is 1. The third-order valence-electron chi connectivity index (χ3n) is 4.83. The predicted molar refractivity (Wildman–Crippen MR) is 104 cm³/mol. The smallest absolute Gasteiger partial charge is 0.317 e.